The fourth-order valence-corrected chi connectivity index (χ4v) is 5.52. The van der Waals surface area contributed by atoms with Crippen molar-refractivity contribution in [3.63, 3.8) is 0 Å². The first-order chi connectivity index (χ1) is 13.1. The fourth-order valence-electron chi connectivity index (χ4n) is 4.18. The summed E-state index contributed by atoms with van der Waals surface area (Å²) in [5.74, 6) is 2.29. The first-order valence-electron chi connectivity index (χ1n) is 10.8. The summed E-state index contributed by atoms with van der Waals surface area (Å²) in [4.78, 5) is 16.6. The number of hydrogen-bond acceptors (Lipinski definition) is 3. The van der Waals surface area contributed by atoms with Gasteiger partial charge in [0.2, 0.25) is 5.91 Å². The second-order valence-electron chi connectivity index (χ2n) is 7.76. The molecule has 7 heteroatoms. The molecule has 0 aromatic carbocycles. The molecule has 6 nitrogen and oxygen atoms in total. The molecule has 156 valence electrons. The van der Waals surface area contributed by atoms with E-state index in [0.717, 1.165) is 43.9 Å². The highest BCUT2D eigenvalue weighted by molar-refractivity contribution is 7.85. The molecule has 3 N–H and O–H groups in total. The van der Waals surface area contributed by atoms with Gasteiger partial charge in [-0.2, -0.15) is 0 Å². The first kappa shape index (κ1) is 22.2. The minimum absolute atomic E-state index is 0.159. The summed E-state index contributed by atoms with van der Waals surface area (Å²) < 4.78 is 12.1. The molecule has 2 aliphatic carbocycles. The van der Waals surface area contributed by atoms with E-state index in [1.165, 1.54) is 25.7 Å². The van der Waals surface area contributed by atoms with Crippen molar-refractivity contribution in [3.05, 3.63) is 0 Å². The Morgan fingerprint density at radius 1 is 1.07 bits per heavy atom. The predicted molar refractivity (Wildman–Crippen MR) is 113 cm³/mol. The van der Waals surface area contributed by atoms with Crippen LogP contribution >= 0.6 is 0 Å². The van der Waals surface area contributed by atoms with E-state index >= 15 is 0 Å². The number of guanidine groups is 1. The molecule has 0 saturated heterocycles. The zero-order valence-corrected chi connectivity index (χ0v) is 17.9. The molecule has 3 atom stereocenters. The summed E-state index contributed by atoms with van der Waals surface area (Å²) in [7, 11) is -0.715. The van der Waals surface area contributed by atoms with Crippen molar-refractivity contribution >= 4 is 22.7 Å². The fraction of sp³-hybridized carbons (Fsp3) is 0.900. The van der Waals surface area contributed by atoms with Crippen LogP contribution < -0.4 is 16.0 Å². The number of carbonyl (C=O) groups is 1. The summed E-state index contributed by atoms with van der Waals surface area (Å²) in [6.45, 7) is 6.00. The van der Waals surface area contributed by atoms with Crippen LogP contribution in [-0.2, 0) is 15.6 Å². The van der Waals surface area contributed by atoms with Gasteiger partial charge in [0.1, 0.15) is 0 Å². The zero-order chi connectivity index (χ0) is 19.5. The van der Waals surface area contributed by atoms with Crippen molar-refractivity contribution in [1.29, 1.82) is 0 Å². The van der Waals surface area contributed by atoms with Gasteiger partial charge in [-0.3, -0.25) is 14.0 Å². The van der Waals surface area contributed by atoms with Crippen molar-refractivity contribution in [2.45, 2.75) is 82.9 Å². The highest BCUT2D eigenvalue weighted by atomic mass is 32.2. The van der Waals surface area contributed by atoms with Gasteiger partial charge in [-0.15, -0.1) is 0 Å². The van der Waals surface area contributed by atoms with E-state index in [1.54, 1.807) is 0 Å². The summed E-state index contributed by atoms with van der Waals surface area (Å²) in [5, 5.41) is 10.1. The summed E-state index contributed by atoms with van der Waals surface area (Å²) in [6, 6.07) is 0.328. The molecule has 0 aliphatic heterocycles. The molecule has 2 fully saturated rings. The molecule has 27 heavy (non-hydrogen) atoms. The largest absolute Gasteiger partial charge is 0.357 e. The number of nitrogens with one attached hydrogen (secondary N) is 3. The molecule has 0 spiro atoms. The van der Waals surface area contributed by atoms with Crippen LogP contribution in [0, 0.1) is 5.92 Å². The van der Waals surface area contributed by atoms with Crippen LogP contribution in [0.15, 0.2) is 4.99 Å². The van der Waals surface area contributed by atoms with Gasteiger partial charge < -0.3 is 16.0 Å². The molecule has 3 unspecified atom stereocenters. The Hall–Kier alpha value is -1.11. The van der Waals surface area contributed by atoms with Gasteiger partial charge in [0.05, 0.1) is 6.54 Å². The second-order valence-corrected chi connectivity index (χ2v) is 9.77. The van der Waals surface area contributed by atoms with Crippen molar-refractivity contribution in [3.8, 4) is 0 Å². The third kappa shape index (κ3) is 8.20. The van der Waals surface area contributed by atoms with E-state index in [2.05, 4.69) is 27.9 Å². The molecule has 2 rings (SSSR count). The van der Waals surface area contributed by atoms with Crippen LogP contribution in [0.5, 0.6) is 0 Å². The van der Waals surface area contributed by atoms with Crippen molar-refractivity contribution in [1.82, 2.24) is 16.0 Å². The monoisotopic (exact) mass is 398 g/mol. The van der Waals surface area contributed by atoms with Crippen molar-refractivity contribution in [2.24, 2.45) is 10.9 Å². The Morgan fingerprint density at radius 3 is 2.56 bits per heavy atom. The van der Waals surface area contributed by atoms with Gasteiger partial charge in [0, 0.05) is 47.4 Å². The summed E-state index contributed by atoms with van der Waals surface area (Å²) >= 11 is 0. The molecule has 0 heterocycles. The Kier molecular flexibility index (Phi) is 10.2. The SMILES string of the molecule is CCNC(=NCCNC(=O)CC1CCCC1)NC1CCCC(S(=O)CC)C1. The zero-order valence-electron chi connectivity index (χ0n) is 17.1. The third-order valence-corrected chi connectivity index (χ3v) is 7.36. The normalized spacial score (nSPS) is 25.2. The number of carbonyl (C=O) groups excluding carboxylic acids is 1. The smallest absolute Gasteiger partial charge is 0.220 e. The van der Waals surface area contributed by atoms with Gasteiger partial charge in [-0.05, 0) is 44.9 Å². The maximum absolute atomic E-state index is 12.1. The second kappa shape index (κ2) is 12.4. The van der Waals surface area contributed by atoms with E-state index in [4.69, 9.17) is 0 Å². The van der Waals surface area contributed by atoms with Crippen molar-refractivity contribution < 1.29 is 9.00 Å². The Morgan fingerprint density at radius 2 is 1.85 bits per heavy atom. The molecule has 0 bridgehead atoms. The molecular formula is C20H38N4O2S. The van der Waals surface area contributed by atoms with Gasteiger partial charge in [0.25, 0.3) is 0 Å². The Balaban J connectivity index is 1.72. The van der Waals surface area contributed by atoms with Crippen LogP contribution in [0.2, 0.25) is 0 Å². The average Bonchev–Trinajstić information content (AvgIpc) is 3.17. The number of amides is 1. The number of aliphatic imine (C=N–C) groups is 1. The summed E-state index contributed by atoms with van der Waals surface area (Å²) in [5.41, 5.74) is 0. The Labute approximate surface area is 167 Å². The number of hydrogen-bond donors (Lipinski definition) is 3. The maximum Gasteiger partial charge on any atom is 0.220 e. The lowest BCUT2D eigenvalue weighted by atomic mass is 9.95. The van der Waals surface area contributed by atoms with Crippen LogP contribution in [0.1, 0.15) is 71.6 Å². The van der Waals surface area contributed by atoms with Crippen LogP contribution in [0.4, 0.5) is 0 Å². The number of nitrogens with zero attached hydrogens (tertiary/aromatic N) is 1. The molecule has 0 radical (unpaired) electrons. The van der Waals surface area contributed by atoms with Gasteiger partial charge in [-0.25, -0.2) is 0 Å². The van der Waals surface area contributed by atoms with Crippen molar-refractivity contribution in [2.75, 3.05) is 25.4 Å². The minimum Gasteiger partial charge on any atom is -0.357 e. The van der Waals surface area contributed by atoms with Crippen LogP contribution in [0.3, 0.4) is 0 Å². The standard InChI is InChI=1S/C20H38N4O2S/c1-3-21-20(24-17-10-7-11-18(15-17)27(26)4-2)23-13-12-22-19(25)14-16-8-5-6-9-16/h16-18H,3-15H2,1-2H3,(H,22,25)(H2,21,23,24). The van der Waals surface area contributed by atoms with E-state index in [-0.39, 0.29) is 5.91 Å². The van der Waals surface area contributed by atoms with Gasteiger partial charge in [0.15, 0.2) is 5.96 Å². The molecule has 0 aromatic heterocycles. The highest BCUT2D eigenvalue weighted by Crippen LogP contribution is 2.27. The lowest BCUT2D eigenvalue weighted by molar-refractivity contribution is -0.121. The van der Waals surface area contributed by atoms with Crippen LogP contribution in [0.25, 0.3) is 0 Å². The molecular weight excluding hydrogens is 360 g/mol. The van der Waals surface area contributed by atoms with E-state index in [1.807, 2.05) is 6.92 Å². The molecule has 2 saturated carbocycles. The lowest BCUT2D eigenvalue weighted by Gasteiger charge is -2.30. The Bertz CT molecular complexity index is 506. The lowest BCUT2D eigenvalue weighted by Crippen LogP contribution is -2.47. The predicted octanol–water partition coefficient (Wildman–Crippen LogP) is 2.32. The minimum atomic E-state index is -0.715. The van der Waals surface area contributed by atoms with Gasteiger partial charge >= 0.3 is 0 Å². The molecule has 1 amide bonds. The van der Waals surface area contributed by atoms with E-state index < -0.39 is 10.8 Å². The quantitative estimate of drug-likeness (QED) is 0.316. The van der Waals surface area contributed by atoms with E-state index in [9.17, 15) is 9.00 Å². The van der Waals surface area contributed by atoms with Gasteiger partial charge in [-0.1, -0.05) is 26.2 Å². The highest BCUT2D eigenvalue weighted by Gasteiger charge is 2.26. The van der Waals surface area contributed by atoms with E-state index in [0.29, 0.717) is 36.7 Å². The average molecular weight is 399 g/mol. The third-order valence-electron chi connectivity index (χ3n) is 5.62. The first-order valence-corrected chi connectivity index (χ1v) is 12.2. The molecule has 0 aromatic rings. The topological polar surface area (TPSA) is 82.6 Å². The van der Waals surface area contributed by atoms with Crippen LogP contribution in [-0.4, -0.2) is 52.8 Å². The maximum atomic E-state index is 12.1. The summed E-state index contributed by atoms with van der Waals surface area (Å²) in [6.07, 6.45) is 9.84. The molecule has 2 aliphatic rings. The number of rotatable bonds is 9.